The molecular formula is C23H17Cl3N4O2. The van der Waals surface area contributed by atoms with E-state index in [4.69, 9.17) is 44.3 Å². The Morgan fingerprint density at radius 1 is 1.03 bits per heavy atom. The van der Waals surface area contributed by atoms with Gasteiger partial charge in [-0.15, -0.1) is 10.2 Å². The first-order valence-electron chi connectivity index (χ1n) is 9.96. The lowest BCUT2D eigenvalue weighted by Crippen LogP contribution is -2.17. The molecule has 0 N–H and O–H groups in total. The second-order valence-corrected chi connectivity index (χ2v) is 9.17. The van der Waals surface area contributed by atoms with Crippen molar-refractivity contribution in [2.75, 3.05) is 0 Å². The minimum Gasteiger partial charge on any atom is -0.418 e. The van der Waals surface area contributed by atoms with Gasteiger partial charge >= 0.3 is 0 Å². The van der Waals surface area contributed by atoms with Gasteiger partial charge in [-0.3, -0.25) is 4.79 Å². The van der Waals surface area contributed by atoms with Crippen LogP contribution in [-0.4, -0.2) is 25.8 Å². The van der Waals surface area contributed by atoms with Gasteiger partial charge in [0.2, 0.25) is 5.89 Å². The maximum atomic E-state index is 12.1. The van der Waals surface area contributed by atoms with E-state index in [1.165, 1.54) is 0 Å². The summed E-state index contributed by atoms with van der Waals surface area (Å²) in [5.41, 5.74) is 3.02. The third-order valence-electron chi connectivity index (χ3n) is 5.84. The fourth-order valence-electron chi connectivity index (χ4n) is 3.83. The number of benzene rings is 2. The Kier molecular flexibility index (Phi) is 5.12. The molecular weight excluding hydrogens is 471 g/mol. The fraction of sp³-hybridized carbons (Fsp3) is 0.217. The van der Waals surface area contributed by atoms with E-state index in [1.807, 2.05) is 31.2 Å². The van der Waals surface area contributed by atoms with Gasteiger partial charge in [-0.05, 0) is 57.0 Å². The number of nitrogens with zero attached hydrogens (tertiary/aromatic N) is 4. The number of Topliss-reactive ketones (excluding diaryl/α,β-unsaturated/α-hetero) is 1. The predicted molar refractivity (Wildman–Crippen MR) is 124 cm³/mol. The normalized spacial score (nSPS) is 14.5. The van der Waals surface area contributed by atoms with Crippen molar-refractivity contribution in [2.45, 2.75) is 32.1 Å². The Hall–Kier alpha value is -2.67. The second-order valence-electron chi connectivity index (χ2n) is 7.89. The summed E-state index contributed by atoms with van der Waals surface area (Å²) in [4.78, 5) is 12.1. The van der Waals surface area contributed by atoms with E-state index in [-0.39, 0.29) is 11.7 Å². The van der Waals surface area contributed by atoms with Gasteiger partial charge in [0.1, 0.15) is 11.2 Å². The van der Waals surface area contributed by atoms with E-state index < -0.39 is 5.41 Å². The molecule has 5 rings (SSSR count). The zero-order valence-electron chi connectivity index (χ0n) is 17.2. The highest BCUT2D eigenvalue weighted by molar-refractivity contribution is 6.35. The molecule has 0 saturated heterocycles. The van der Waals surface area contributed by atoms with Crippen LogP contribution in [0.2, 0.25) is 15.1 Å². The van der Waals surface area contributed by atoms with Gasteiger partial charge < -0.3 is 4.42 Å². The highest BCUT2D eigenvalue weighted by Gasteiger charge is 2.53. The van der Waals surface area contributed by atoms with Gasteiger partial charge in [0, 0.05) is 21.2 Å². The van der Waals surface area contributed by atoms with Crippen molar-refractivity contribution in [3.05, 3.63) is 69.0 Å². The first-order valence-corrected chi connectivity index (χ1v) is 11.1. The standard InChI is InChI=1S/C23H17Cl3N4O2/c1-12-19(21-27-28-22(32-21)23(9-10-23)13(2)31)29-30(18-8-7-16(25)11-17(18)26)20(12)14-3-5-15(24)6-4-14/h3-8,11H,9-10H2,1-2H3. The lowest BCUT2D eigenvalue weighted by Gasteiger charge is -2.11. The van der Waals surface area contributed by atoms with Crippen molar-refractivity contribution in [2.24, 2.45) is 0 Å². The molecule has 0 atom stereocenters. The largest absolute Gasteiger partial charge is 0.418 e. The molecule has 1 aliphatic rings. The molecule has 0 spiro atoms. The van der Waals surface area contributed by atoms with Crippen molar-refractivity contribution in [3.63, 3.8) is 0 Å². The Balaban J connectivity index is 1.69. The highest BCUT2D eigenvalue weighted by atomic mass is 35.5. The summed E-state index contributed by atoms with van der Waals surface area (Å²) in [5, 5.41) is 14.7. The van der Waals surface area contributed by atoms with Crippen LogP contribution in [0.15, 0.2) is 46.9 Å². The number of carbonyl (C=O) groups is 1. The van der Waals surface area contributed by atoms with Crippen LogP contribution in [0.25, 0.3) is 28.5 Å². The average molecular weight is 488 g/mol. The van der Waals surface area contributed by atoms with Gasteiger partial charge in [-0.1, -0.05) is 46.9 Å². The fourth-order valence-corrected chi connectivity index (χ4v) is 4.44. The molecule has 6 nitrogen and oxygen atoms in total. The summed E-state index contributed by atoms with van der Waals surface area (Å²) >= 11 is 18.7. The third kappa shape index (κ3) is 3.43. The van der Waals surface area contributed by atoms with Crippen molar-refractivity contribution in [1.82, 2.24) is 20.0 Å². The van der Waals surface area contributed by atoms with Crippen LogP contribution in [0, 0.1) is 6.92 Å². The first kappa shape index (κ1) is 21.2. The predicted octanol–water partition coefficient (Wildman–Crippen LogP) is 6.48. The topological polar surface area (TPSA) is 73.8 Å². The van der Waals surface area contributed by atoms with E-state index in [9.17, 15) is 4.79 Å². The van der Waals surface area contributed by atoms with Gasteiger partial charge in [0.05, 0.1) is 16.4 Å². The molecule has 4 aromatic rings. The summed E-state index contributed by atoms with van der Waals surface area (Å²) in [6.45, 7) is 3.48. The Bertz CT molecular complexity index is 1350. The number of rotatable bonds is 5. The SMILES string of the molecule is CC(=O)C1(c2nnc(-c3nn(-c4ccc(Cl)cc4Cl)c(-c4ccc(Cl)cc4)c3C)o2)CC1. The van der Waals surface area contributed by atoms with Crippen LogP contribution in [0.1, 0.15) is 31.2 Å². The molecule has 2 heterocycles. The van der Waals surface area contributed by atoms with Gasteiger partial charge in [-0.2, -0.15) is 5.10 Å². The van der Waals surface area contributed by atoms with Gasteiger partial charge in [0.25, 0.3) is 5.89 Å². The third-order valence-corrected chi connectivity index (χ3v) is 6.63. The van der Waals surface area contributed by atoms with Gasteiger partial charge in [0.15, 0.2) is 5.69 Å². The van der Waals surface area contributed by atoms with Crippen molar-refractivity contribution < 1.29 is 9.21 Å². The number of hydrogen-bond donors (Lipinski definition) is 0. The molecule has 2 aromatic carbocycles. The van der Waals surface area contributed by atoms with E-state index in [0.717, 1.165) is 16.8 Å². The monoisotopic (exact) mass is 486 g/mol. The summed E-state index contributed by atoms with van der Waals surface area (Å²) in [7, 11) is 0. The van der Waals surface area contributed by atoms with Crippen LogP contribution < -0.4 is 0 Å². The number of halogens is 3. The van der Waals surface area contributed by atoms with E-state index >= 15 is 0 Å². The molecule has 32 heavy (non-hydrogen) atoms. The van der Waals surface area contributed by atoms with Crippen LogP contribution in [0.3, 0.4) is 0 Å². The van der Waals surface area contributed by atoms with Crippen LogP contribution in [-0.2, 0) is 10.2 Å². The van der Waals surface area contributed by atoms with E-state index in [2.05, 4.69) is 10.2 Å². The summed E-state index contributed by atoms with van der Waals surface area (Å²) in [6.07, 6.45) is 1.43. The Labute approximate surface area is 199 Å². The van der Waals surface area contributed by atoms with Crippen LogP contribution in [0.4, 0.5) is 0 Å². The van der Waals surface area contributed by atoms with Crippen molar-refractivity contribution in [3.8, 4) is 28.5 Å². The molecule has 2 aromatic heterocycles. The summed E-state index contributed by atoms with van der Waals surface area (Å²) in [6, 6.07) is 12.6. The molecule has 1 saturated carbocycles. The average Bonchev–Trinajstić information content (AvgIpc) is 3.31. The minimum atomic E-state index is -0.653. The van der Waals surface area contributed by atoms with E-state index in [0.29, 0.717) is 45.2 Å². The van der Waals surface area contributed by atoms with Crippen LogP contribution in [0.5, 0.6) is 0 Å². The molecule has 9 heteroatoms. The van der Waals surface area contributed by atoms with Gasteiger partial charge in [-0.25, -0.2) is 4.68 Å². The number of carbonyl (C=O) groups excluding carboxylic acids is 1. The Morgan fingerprint density at radius 2 is 1.72 bits per heavy atom. The molecule has 162 valence electrons. The van der Waals surface area contributed by atoms with E-state index in [1.54, 1.807) is 29.8 Å². The maximum Gasteiger partial charge on any atom is 0.268 e. The first-order chi connectivity index (χ1) is 15.3. The number of hydrogen-bond acceptors (Lipinski definition) is 5. The number of ketones is 1. The van der Waals surface area contributed by atoms with Crippen molar-refractivity contribution >= 4 is 40.6 Å². The quantitative estimate of drug-likeness (QED) is 0.322. The highest BCUT2D eigenvalue weighted by Crippen LogP contribution is 2.49. The molecule has 0 aliphatic heterocycles. The maximum absolute atomic E-state index is 12.1. The molecule has 1 fully saturated rings. The minimum absolute atomic E-state index is 0.0322. The zero-order valence-corrected chi connectivity index (χ0v) is 19.5. The molecule has 0 unspecified atom stereocenters. The molecule has 0 bridgehead atoms. The summed E-state index contributed by atoms with van der Waals surface area (Å²) in [5.74, 6) is 0.625. The molecule has 0 radical (unpaired) electrons. The number of aromatic nitrogens is 4. The lowest BCUT2D eigenvalue weighted by molar-refractivity contribution is -0.119. The molecule has 0 amide bonds. The van der Waals surface area contributed by atoms with Crippen LogP contribution >= 0.6 is 34.8 Å². The van der Waals surface area contributed by atoms with Crippen molar-refractivity contribution in [1.29, 1.82) is 0 Å². The summed E-state index contributed by atoms with van der Waals surface area (Å²) < 4.78 is 7.68. The molecule has 1 aliphatic carbocycles. The Morgan fingerprint density at radius 3 is 2.34 bits per heavy atom. The lowest BCUT2D eigenvalue weighted by atomic mass is 10.0. The zero-order chi connectivity index (χ0) is 22.6. The second kappa shape index (κ2) is 7.73. The smallest absolute Gasteiger partial charge is 0.268 e.